The first-order valence-corrected chi connectivity index (χ1v) is 5.33. The van der Waals surface area contributed by atoms with E-state index < -0.39 is 5.97 Å². The van der Waals surface area contributed by atoms with Crippen LogP contribution in [0.2, 0.25) is 0 Å². The lowest BCUT2D eigenvalue weighted by atomic mass is 10.0. The Morgan fingerprint density at radius 1 is 1.35 bits per heavy atom. The molecule has 0 aliphatic rings. The number of carboxylic acid groups (broad SMARTS) is 1. The van der Waals surface area contributed by atoms with Gasteiger partial charge >= 0.3 is 5.97 Å². The third-order valence-electron chi connectivity index (χ3n) is 2.79. The van der Waals surface area contributed by atoms with Gasteiger partial charge in [-0.3, -0.25) is 4.68 Å². The highest BCUT2D eigenvalue weighted by atomic mass is 16.4. The van der Waals surface area contributed by atoms with E-state index in [1.807, 2.05) is 32.3 Å². The number of benzene rings is 1. The highest BCUT2D eigenvalue weighted by molar-refractivity contribution is 5.91. The predicted octanol–water partition coefficient (Wildman–Crippen LogP) is 2.40. The highest BCUT2D eigenvalue weighted by Crippen LogP contribution is 2.24. The van der Waals surface area contributed by atoms with Crippen molar-refractivity contribution in [2.24, 2.45) is 7.05 Å². The summed E-state index contributed by atoms with van der Waals surface area (Å²) in [5, 5.41) is 13.3. The second-order valence-corrected chi connectivity index (χ2v) is 4.14. The van der Waals surface area contributed by atoms with Gasteiger partial charge in [0.15, 0.2) is 0 Å². The van der Waals surface area contributed by atoms with Crippen LogP contribution in [0.3, 0.4) is 0 Å². The Balaban J connectivity index is 2.57. The summed E-state index contributed by atoms with van der Waals surface area (Å²) >= 11 is 0. The van der Waals surface area contributed by atoms with Gasteiger partial charge in [-0.2, -0.15) is 5.10 Å². The fourth-order valence-corrected chi connectivity index (χ4v) is 1.90. The van der Waals surface area contributed by atoms with E-state index in [0.29, 0.717) is 5.56 Å². The molecule has 0 unspecified atom stereocenters. The zero-order chi connectivity index (χ0) is 12.6. The number of aromatic carboxylic acids is 1. The lowest BCUT2D eigenvalue weighted by Crippen LogP contribution is -1.99. The zero-order valence-electron chi connectivity index (χ0n) is 10.1. The summed E-state index contributed by atoms with van der Waals surface area (Å²) in [5.74, 6) is -0.897. The third-order valence-corrected chi connectivity index (χ3v) is 2.79. The van der Waals surface area contributed by atoms with Crippen molar-refractivity contribution >= 4 is 5.97 Å². The molecule has 0 atom stereocenters. The number of hydrogen-bond donors (Lipinski definition) is 1. The van der Waals surface area contributed by atoms with Gasteiger partial charge in [0.25, 0.3) is 0 Å². The maximum absolute atomic E-state index is 11.1. The molecule has 4 heteroatoms. The molecular formula is C13H14N2O2. The third kappa shape index (κ3) is 2.06. The van der Waals surface area contributed by atoms with Gasteiger partial charge in [-0.15, -0.1) is 0 Å². The molecule has 4 nitrogen and oxygen atoms in total. The van der Waals surface area contributed by atoms with Crippen LogP contribution in [0.15, 0.2) is 24.4 Å². The molecular weight excluding hydrogens is 216 g/mol. The summed E-state index contributed by atoms with van der Waals surface area (Å²) in [6.45, 7) is 3.71. The van der Waals surface area contributed by atoms with Crippen LogP contribution in [0.1, 0.15) is 21.6 Å². The van der Waals surface area contributed by atoms with Gasteiger partial charge in [0.1, 0.15) is 0 Å². The van der Waals surface area contributed by atoms with Gasteiger partial charge in [-0.25, -0.2) is 4.79 Å². The van der Waals surface area contributed by atoms with Gasteiger partial charge in [0.05, 0.1) is 11.3 Å². The van der Waals surface area contributed by atoms with Crippen LogP contribution >= 0.6 is 0 Å². The number of hydrogen-bond acceptors (Lipinski definition) is 2. The summed E-state index contributed by atoms with van der Waals surface area (Å²) < 4.78 is 1.73. The van der Waals surface area contributed by atoms with E-state index in [4.69, 9.17) is 5.11 Å². The highest BCUT2D eigenvalue weighted by Gasteiger charge is 2.11. The van der Waals surface area contributed by atoms with Crippen LogP contribution in [0.5, 0.6) is 0 Å². The van der Waals surface area contributed by atoms with Crippen LogP contribution in [-0.4, -0.2) is 20.9 Å². The number of carbonyl (C=O) groups is 1. The van der Waals surface area contributed by atoms with Crippen molar-refractivity contribution in [3.05, 3.63) is 41.2 Å². The molecule has 0 amide bonds. The molecule has 0 fully saturated rings. The monoisotopic (exact) mass is 230 g/mol. The standard InChI is InChI=1S/C13H14N2O2/c1-8-4-5-10(6-11(8)13(16)17)12-7-15(3)14-9(12)2/h4-7H,1-3H3,(H,16,17). The molecule has 17 heavy (non-hydrogen) atoms. The molecule has 0 aliphatic carbocycles. The molecule has 2 rings (SSSR count). The van der Waals surface area contributed by atoms with Crippen molar-refractivity contribution < 1.29 is 9.90 Å². The molecule has 88 valence electrons. The Morgan fingerprint density at radius 2 is 2.06 bits per heavy atom. The smallest absolute Gasteiger partial charge is 0.335 e. The minimum absolute atomic E-state index is 0.339. The summed E-state index contributed by atoms with van der Waals surface area (Å²) in [7, 11) is 1.85. The van der Waals surface area contributed by atoms with Crippen molar-refractivity contribution in [3.63, 3.8) is 0 Å². The maximum atomic E-state index is 11.1. The van der Waals surface area contributed by atoms with E-state index in [-0.39, 0.29) is 0 Å². The fourth-order valence-electron chi connectivity index (χ4n) is 1.90. The number of nitrogens with zero attached hydrogens (tertiary/aromatic N) is 2. The molecule has 0 bridgehead atoms. The Bertz CT molecular complexity index is 585. The molecule has 0 saturated carbocycles. The van der Waals surface area contributed by atoms with Crippen molar-refractivity contribution in [1.29, 1.82) is 0 Å². The molecule has 2 aromatic rings. The lowest BCUT2D eigenvalue weighted by Gasteiger charge is -2.04. The van der Waals surface area contributed by atoms with Crippen LogP contribution in [0.25, 0.3) is 11.1 Å². The largest absolute Gasteiger partial charge is 0.478 e. The van der Waals surface area contributed by atoms with E-state index in [0.717, 1.165) is 22.4 Å². The molecule has 0 aliphatic heterocycles. The van der Waals surface area contributed by atoms with Crippen LogP contribution in [0.4, 0.5) is 0 Å². The number of carboxylic acids is 1. The maximum Gasteiger partial charge on any atom is 0.335 e. The number of rotatable bonds is 2. The molecule has 0 spiro atoms. The first kappa shape index (κ1) is 11.4. The Kier molecular flexibility index (Phi) is 2.71. The molecule has 1 heterocycles. The molecule has 1 N–H and O–H groups in total. The predicted molar refractivity (Wildman–Crippen MR) is 65.1 cm³/mol. The first-order valence-electron chi connectivity index (χ1n) is 5.33. The zero-order valence-corrected chi connectivity index (χ0v) is 10.1. The average molecular weight is 230 g/mol. The lowest BCUT2D eigenvalue weighted by molar-refractivity contribution is 0.0696. The fraction of sp³-hybridized carbons (Fsp3) is 0.231. The van der Waals surface area contributed by atoms with Crippen molar-refractivity contribution in [2.45, 2.75) is 13.8 Å². The summed E-state index contributed by atoms with van der Waals surface area (Å²) in [6, 6.07) is 5.44. The van der Waals surface area contributed by atoms with Gasteiger partial charge < -0.3 is 5.11 Å². The molecule has 1 aromatic heterocycles. The van der Waals surface area contributed by atoms with Gasteiger partial charge in [-0.05, 0) is 31.0 Å². The van der Waals surface area contributed by atoms with Gasteiger partial charge in [0.2, 0.25) is 0 Å². The Hall–Kier alpha value is -2.10. The Morgan fingerprint density at radius 3 is 2.59 bits per heavy atom. The van der Waals surface area contributed by atoms with Crippen molar-refractivity contribution in [2.75, 3.05) is 0 Å². The second kappa shape index (κ2) is 4.05. The van der Waals surface area contributed by atoms with E-state index in [1.165, 1.54) is 0 Å². The first-order chi connectivity index (χ1) is 7.99. The van der Waals surface area contributed by atoms with E-state index in [2.05, 4.69) is 5.10 Å². The normalized spacial score (nSPS) is 10.5. The molecule has 0 saturated heterocycles. The van der Waals surface area contributed by atoms with Crippen molar-refractivity contribution in [3.8, 4) is 11.1 Å². The summed E-state index contributed by atoms with van der Waals surface area (Å²) in [6.07, 6.45) is 1.89. The topological polar surface area (TPSA) is 55.1 Å². The van der Waals surface area contributed by atoms with Gasteiger partial charge in [-0.1, -0.05) is 12.1 Å². The summed E-state index contributed by atoms with van der Waals surface area (Å²) in [4.78, 5) is 11.1. The minimum Gasteiger partial charge on any atom is -0.478 e. The van der Waals surface area contributed by atoms with Gasteiger partial charge in [0, 0.05) is 18.8 Å². The van der Waals surface area contributed by atoms with E-state index in [1.54, 1.807) is 17.7 Å². The molecule has 1 aromatic carbocycles. The number of aryl methyl sites for hydroxylation is 3. The minimum atomic E-state index is -0.897. The quantitative estimate of drug-likeness (QED) is 0.861. The van der Waals surface area contributed by atoms with Crippen LogP contribution in [0, 0.1) is 13.8 Å². The van der Waals surface area contributed by atoms with E-state index in [9.17, 15) is 4.79 Å². The second-order valence-electron chi connectivity index (χ2n) is 4.14. The van der Waals surface area contributed by atoms with E-state index >= 15 is 0 Å². The van der Waals surface area contributed by atoms with Crippen LogP contribution in [-0.2, 0) is 7.05 Å². The molecule has 0 radical (unpaired) electrons. The van der Waals surface area contributed by atoms with Crippen molar-refractivity contribution in [1.82, 2.24) is 9.78 Å². The van der Waals surface area contributed by atoms with Crippen LogP contribution < -0.4 is 0 Å². The SMILES string of the molecule is Cc1ccc(-c2cn(C)nc2C)cc1C(=O)O. The summed E-state index contributed by atoms with van der Waals surface area (Å²) in [5.41, 5.74) is 3.86. The average Bonchev–Trinajstić information content (AvgIpc) is 2.58. The number of aromatic nitrogens is 2. The Labute approximate surface area is 99.5 Å².